The predicted molar refractivity (Wildman–Crippen MR) is 72.7 cm³/mol. The lowest BCUT2D eigenvalue weighted by Gasteiger charge is -2.14. The van der Waals surface area contributed by atoms with E-state index in [-0.39, 0.29) is 31.1 Å². The van der Waals surface area contributed by atoms with E-state index in [4.69, 9.17) is 9.47 Å². The summed E-state index contributed by atoms with van der Waals surface area (Å²) in [5.74, 6) is 1.34. The summed E-state index contributed by atoms with van der Waals surface area (Å²) in [5, 5.41) is 3.17. The van der Waals surface area contributed by atoms with Crippen molar-refractivity contribution in [3.8, 4) is 11.5 Å². The number of rotatable bonds is 4. The standard InChI is InChI=1S/C15H16N2O4/c18-14-6-11(15(19)17(14)10-2-3-10)16-7-9-1-4-12-13(5-9)21-8-20-12/h1,4-5,10-11,16H,2-3,6-8H2. The molecule has 2 amide bonds. The highest BCUT2D eigenvalue weighted by molar-refractivity contribution is 6.06. The van der Waals surface area contributed by atoms with Gasteiger partial charge in [0.05, 0.1) is 12.5 Å². The molecule has 2 fully saturated rings. The molecule has 1 aliphatic carbocycles. The number of likely N-dealkylation sites (tertiary alicyclic amines) is 1. The summed E-state index contributed by atoms with van der Waals surface area (Å²) < 4.78 is 10.6. The molecule has 0 radical (unpaired) electrons. The van der Waals surface area contributed by atoms with E-state index in [1.165, 1.54) is 4.90 Å². The number of nitrogens with zero attached hydrogens (tertiary/aromatic N) is 1. The molecule has 4 rings (SSSR count). The maximum absolute atomic E-state index is 12.2. The number of carbonyl (C=O) groups excluding carboxylic acids is 2. The molecule has 1 saturated heterocycles. The van der Waals surface area contributed by atoms with Gasteiger partial charge in [-0.3, -0.25) is 14.5 Å². The van der Waals surface area contributed by atoms with Crippen LogP contribution in [0.15, 0.2) is 18.2 Å². The van der Waals surface area contributed by atoms with Crippen LogP contribution in [0.1, 0.15) is 24.8 Å². The molecule has 1 aromatic carbocycles. The van der Waals surface area contributed by atoms with E-state index in [1.54, 1.807) is 0 Å². The van der Waals surface area contributed by atoms with Crippen LogP contribution in [-0.2, 0) is 16.1 Å². The molecular formula is C15H16N2O4. The molecule has 0 aromatic heterocycles. The van der Waals surface area contributed by atoms with Gasteiger partial charge in [0.1, 0.15) is 0 Å². The van der Waals surface area contributed by atoms with Gasteiger partial charge in [-0.2, -0.15) is 0 Å². The van der Waals surface area contributed by atoms with Crippen molar-refractivity contribution in [3.63, 3.8) is 0 Å². The van der Waals surface area contributed by atoms with Crippen LogP contribution in [0.3, 0.4) is 0 Å². The predicted octanol–water partition coefficient (Wildman–Crippen LogP) is 0.795. The minimum Gasteiger partial charge on any atom is -0.454 e. The molecule has 110 valence electrons. The van der Waals surface area contributed by atoms with Crippen molar-refractivity contribution in [2.24, 2.45) is 0 Å². The Balaban J connectivity index is 1.40. The average molecular weight is 288 g/mol. The summed E-state index contributed by atoms with van der Waals surface area (Å²) in [6, 6.07) is 5.44. The molecule has 2 heterocycles. The molecule has 1 saturated carbocycles. The van der Waals surface area contributed by atoms with Gasteiger partial charge >= 0.3 is 0 Å². The van der Waals surface area contributed by atoms with E-state index in [0.717, 1.165) is 29.9 Å². The van der Waals surface area contributed by atoms with Crippen LogP contribution in [0, 0.1) is 0 Å². The first-order chi connectivity index (χ1) is 10.2. The molecule has 1 atom stereocenters. The normalized spacial score (nSPS) is 24.0. The van der Waals surface area contributed by atoms with Gasteiger partial charge in [0.15, 0.2) is 11.5 Å². The third-order valence-corrected chi connectivity index (χ3v) is 4.08. The van der Waals surface area contributed by atoms with Gasteiger partial charge in [0.25, 0.3) is 0 Å². The summed E-state index contributed by atoms with van der Waals surface area (Å²) in [7, 11) is 0. The number of imide groups is 1. The van der Waals surface area contributed by atoms with E-state index < -0.39 is 6.04 Å². The lowest BCUT2D eigenvalue weighted by Crippen LogP contribution is -2.39. The molecule has 21 heavy (non-hydrogen) atoms. The maximum atomic E-state index is 12.2. The Kier molecular flexibility index (Phi) is 2.85. The van der Waals surface area contributed by atoms with Crippen molar-refractivity contribution < 1.29 is 19.1 Å². The van der Waals surface area contributed by atoms with E-state index in [2.05, 4.69) is 5.32 Å². The van der Waals surface area contributed by atoms with E-state index in [1.807, 2.05) is 18.2 Å². The maximum Gasteiger partial charge on any atom is 0.247 e. The third kappa shape index (κ3) is 2.25. The zero-order valence-electron chi connectivity index (χ0n) is 11.5. The Morgan fingerprint density at radius 3 is 2.81 bits per heavy atom. The quantitative estimate of drug-likeness (QED) is 0.830. The second-order valence-corrected chi connectivity index (χ2v) is 5.66. The third-order valence-electron chi connectivity index (χ3n) is 4.08. The molecule has 6 heteroatoms. The lowest BCUT2D eigenvalue weighted by atomic mass is 10.1. The van der Waals surface area contributed by atoms with E-state index in [9.17, 15) is 9.59 Å². The monoisotopic (exact) mass is 288 g/mol. The average Bonchev–Trinajstić information content (AvgIpc) is 3.11. The van der Waals surface area contributed by atoms with Crippen molar-refractivity contribution >= 4 is 11.8 Å². The van der Waals surface area contributed by atoms with Crippen LogP contribution in [-0.4, -0.2) is 35.6 Å². The number of amides is 2. The summed E-state index contributed by atoms with van der Waals surface area (Å²) >= 11 is 0. The van der Waals surface area contributed by atoms with Gasteiger partial charge in [-0.1, -0.05) is 6.07 Å². The number of ether oxygens (including phenoxy) is 2. The smallest absolute Gasteiger partial charge is 0.247 e. The number of nitrogens with one attached hydrogen (secondary N) is 1. The van der Waals surface area contributed by atoms with Crippen molar-refractivity contribution in [1.82, 2.24) is 10.2 Å². The zero-order valence-corrected chi connectivity index (χ0v) is 11.5. The second-order valence-electron chi connectivity index (χ2n) is 5.66. The Labute approximate surface area is 122 Å². The molecule has 6 nitrogen and oxygen atoms in total. The van der Waals surface area contributed by atoms with Crippen LogP contribution < -0.4 is 14.8 Å². The van der Waals surface area contributed by atoms with Gasteiger partial charge in [-0.25, -0.2) is 0 Å². The summed E-state index contributed by atoms with van der Waals surface area (Å²) in [6.07, 6.45) is 2.17. The molecule has 3 aliphatic rings. The first-order valence-electron chi connectivity index (χ1n) is 7.20. The van der Waals surface area contributed by atoms with Crippen LogP contribution in [0.25, 0.3) is 0 Å². The minimum absolute atomic E-state index is 0.0503. The Morgan fingerprint density at radius 2 is 2.00 bits per heavy atom. The lowest BCUT2D eigenvalue weighted by molar-refractivity contribution is -0.139. The highest BCUT2D eigenvalue weighted by Gasteiger charge is 2.45. The largest absolute Gasteiger partial charge is 0.454 e. The fourth-order valence-electron chi connectivity index (χ4n) is 2.82. The Morgan fingerprint density at radius 1 is 1.19 bits per heavy atom. The SMILES string of the molecule is O=C1CC(NCc2ccc3c(c2)OCO3)C(=O)N1C1CC1. The van der Waals surface area contributed by atoms with Crippen molar-refractivity contribution in [2.45, 2.75) is 37.9 Å². The first-order valence-corrected chi connectivity index (χ1v) is 7.20. The summed E-state index contributed by atoms with van der Waals surface area (Å²) in [5.41, 5.74) is 1.00. The fourth-order valence-corrected chi connectivity index (χ4v) is 2.82. The van der Waals surface area contributed by atoms with E-state index >= 15 is 0 Å². The van der Waals surface area contributed by atoms with Crippen molar-refractivity contribution in [3.05, 3.63) is 23.8 Å². The highest BCUT2D eigenvalue weighted by Crippen LogP contribution is 2.33. The zero-order chi connectivity index (χ0) is 14.4. The van der Waals surface area contributed by atoms with Crippen LogP contribution in [0.2, 0.25) is 0 Å². The van der Waals surface area contributed by atoms with Gasteiger partial charge in [-0.15, -0.1) is 0 Å². The van der Waals surface area contributed by atoms with Crippen molar-refractivity contribution in [2.75, 3.05) is 6.79 Å². The molecule has 2 aliphatic heterocycles. The van der Waals surface area contributed by atoms with E-state index in [0.29, 0.717) is 6.54 Å². The fraction of sp³-hybridized carbons (Fsp3) is 0.467. The number of fused-ring (bicyclic) bond motifs is 1. The first kappa shape index (κ1) is 12.6. The van der Waals surface area contributed by atoms with Gasteiger partial charge < -0.3 is 14.8 Å². The molecule has 0 spiro atoms. The number of benzene rings is 1. The molecule has 1 unspecified atom stereocenters. The van der Waals surface area contributed by atoms with Crippen LogP contribution >= 0.6 is 0 Å². The second kappa shape index (κ2) is 4.73. The number of carbonyl (C=O) groups is 2. The van der Waals surface area contributed by atoms with Gasteiger partial charge in [0, 0.05) is 12.6 Å². The van der Waals surface area contributed by atoms with Crippen molar-refractivity contribution in [1.29, 1.82) is 0 Å². The minimum atomic E-state index is -0.400. The van der Waals surface area contributed by atoms with Gasteiger partial charge in [-0.05, 0) is 30.5 Å². The Bertz CT molecular complexity index is 612. The van der Waals surface area contributed by atoms with Crippen LogP contribution in [0.5, 0.6) is 11.5 Å². The summed E-state index contributed by atoms with van der Waals surface area (Å²) in [6.45, 7) is 0.775. The number of hydrogen-bond acceptors (Lipinski definition) is 5. The highest BCUT2D eigenvalue weighted by atomic mass is 16.7. The summed E-state index contributed by atoms with van der Waals surface area (Å²) in [4.78, 5) is 25.5. The molecule has 0 bridgehead atoms. The molecule has 1 N–H and O–H groups in total. The number of hydrogen-bond donors (Lipinski definition) is 1. The molecule has 1 aromatic rings. The Hall–Kier alpha value is -2.08. The van der Waals surface area contributed by atoms with Gasteiger partial charge in [0.2, 0.25) is 18.6 Å². The molecular weight excluding hydrogens is 272 g/mol. The topological polar surface area (TPSA) is 67.9 Å². The van der Waals surface area contributed by atoms with Crippen LogP contribution in [0.4, 0.5) is 0 Å².